The van der Waals surface area contributed by atoms with E-state index in [0.717, 1.165) is 0 Å². The predicted octanol–water partition coefficient (Wildman–Crippen LogP) is 1.82. The quantitative estimate of drug-likeness (QED) is 0.912. The number of carbonyl (C=O) groups excluding carboxylic acids is 1. The van der Waals surface area contributed by atoms with E-state index in [1.165, 1.54) is 17.1 Å². The summed E-state index contributed by atoms with van der Waals surface area (Å²) in [5.74, 6) is 1.42. The number of amides is 1. The molecule has 2 aromatic rings. The standard InChI is InChI=1S/C15H19N7O2/c1-9(19-14(23)24-15(3,4)5)13-20-10(2)22(21-13)12-6-11(7-16)17-8-18-12/h6,8-9H,1-5H3,(H,19,23)/t9-/m0/s1. The highest BCUT2D eigenvalue weighted by atomic mass is 16.6. The number of ether oxygens (including phenoxy) is 1. The normalized spacial score (nSPS) is 12.3. The molecule has 0 aliphatic carbocycles. The van der Waals surface area contributed by atoms with Crippen LogP contribution in [0.15, 0.2) is 12.4 Å². The average molecular weight is 329 g/mol. The van der Waals surface area contributed by atoms with Gasteiger partial charge < -0.3 is 10.1 Å². The molecule has 126 valence electrons. The van der Waals surface area contributed by atoms with E-state index in [9.17, 15) is 4.79 Å². The van der Waals surface area contributed by atoms with Crippen molar-refractivity contribution in [3.05, 3.63) is 29.7 Å². The Morgan fingerprint density at radius 1 is 1.42 bits per heavy atom. The second-order valence-electron chi connectivity index (χ2n) is 6.17. The first-order valence-electron chi connectivity index (χ1n) is 7.35. The topological polar surface area (TPSA) is 119 Å². The Balaban J connectivity index is 2.19. The van der Waals surface area contributed by atoms with Crippen molar-refractivity contribution in [3.8, 4) is 11.9 Å². The highest BCUT2D eigenvalue weighted by molar-refractivity contribution is 5.68. The van der Waals surface area contributed by atoms with Gasteiger partial charge in [0.25, 0.3) is 0 Å². The second kappa shape index (κ2) is 6.62. The van der Waals surface area contributed by atoms with E-state index in [2.05, 4.69) is 25.4 Å². The van der Waals surface area contributed by atoms with Gasteiger partial charge in [-0.15, -0.1) is 5.10 Å². The van der Waals surface area contributed by atoms with Gasteiger partial charge in [-0.3, -0.25) is 0 Å². The van der Waals surface area contributed by atoms with Crippen LogP contribution in [0.5, 0.6) is 0 Å². The Labute approximate surface area is 139 Å². The zero-order valence-corrected chi connectivity index (χ0v) is 14.2. The number of aryl methyl sites for hydroxylation is 1. The minimum absolute atomic E-state index is 0.233. The SMILES string of the molecule is Cc1nc([C@H](C)NC(=O)OC(C)(C)C)nn1-c1cc(C#N)ncn1. The lowest BCUT2D eigenvalue weighted by atomic mass is 10.2. The number of hydrogen-bond donors (Lipinski definition) is 1. The van der Waals surface area contributed by atoms with Crippen LogP contribution in [0.3, 0.4) is 0 Å². The maximum absolute atomic E-state index is 11.8. The van der Waals surface area contributed by atoms with E-state index >= 15 is 0 Å². The molecule has 2 aromatic heterocycles. The summed E-state index contributed by atoms with van der Waals surface area (Å²) in [7, 11) is 0. The van der Waals surface area contributed by atoms with Gasteiger partial charge in [0.1, 0.15) is 29.5 Å². The first kappa shape index (κ1) is 17.3. The van der Waals surface area contributed by atoms with Crippen molar-refractivity contribution in [2.45, 2.75) is 46.3 Å². The Kier molecular flexibility index (Phi) is 4.78. The molecule has 0 bridgehead atoms. The monoisotopic (exact) mass is 329 g/mol. The third kappa shape index (κ3) is 4.25. The van der Waals surface area contributed by atoms with Crippen molar-refractivity contribution >= 4 is 6.09 Å². The summed E-state index contributed by atoms with van der Waals surface area (Å²) >= 11 is 0. The molecule has 9 heteroatoms. The number of rotatable bonds is 3. The van der Waals surface area contributed by atoms with Gasteiger partial charge in [-0.25, -0.2) is 19.7 Å². The van der Waals surface area contributed by atoms with Gasteiger partial charge in [-0.1, -0.05) is 0 Å². The zero-order chi connectivity index (χ0) is 17.9. The van der Waals surface area contributed by atoms with Crippen LogP contribution in [0.4, 0.5) is 4.79 Å². The molecule has 0 saturated carbocycles. The second-order valence-corrected chi connectivity index (χ2v) is 6.17. The zero-order valence-electron chi connectivity index (χ0n) is 14.2. The van der Waals surface area contributed by atoms with Gasteiger partial charge in [0.05, 0.1) is 6.04 Å². The molecule has 1 amide bonds. The lowest BCUT2D eigenvalue weighted by Crippen LogP contribution is -2.34. The lowest BCUT2D eigenvalue weighted by molar-refractivity contribution is 0.0506. The molecule has 0 unspecified atom stereocenters. The Morgan fingerprint density at radius 3 is 2.75 bits per heavy atom. The molecule has 9 nitrogen and oxygen atoms in total. The molecular weight excluding hydrogens is 310 g/mol. The van der Waals surface area contributed by atoms with Gasteiger partial charge in [0.2, 0.25) is 0 Å². The maximum Gasteiger partial charge on any atom is 0.408 e. The Hall–Kier alpha value is -3.02. The van der Waals surface area contributed by atoms with Crippen LogP contribution < -0.4 is 5.32 Å². The maximum atomic E-state index is 11.8. The van der Waals surface area contributed by atoms with Crippen LogP contribution in [0, 0.1) is 18.3 Å². The minimum atomic E-state index is -0.582. The number of aromatic nitrogens is 5. The fraction of sp³-hybridized carbons (Fsp3) is 0.467. The molecule has 0 spiro atoms. The summed E-state index contributed by atoms with van der Waals surface area (Å²) in [4.78, 5) is 24.1. The fourth-order valence-electron chi connectivity index (χ4n) is 1.88. The lowest BCUT2D eigenvalue weighted by Gasteiger charge is -2.21. The fourth-order valence-corrected chi connectivity index (χ4v) is 1.88. The van der Waals surface area contributed by atoms with Crippen LogP contribution in [-0.4, -0.2) is 36.4 Å². The summed E-state index contributed by atoms with van der Waals surface area (Å²) in [6, 6.07) is 3.01. The number of hydrogen-bond acceptors (Lipinski definition) is 7. The number of nitrogens with zero attached hydrogens (tertiary/aromatic N) is 6. The van der Waals surface area contributed by atoms with E-state index in [1.807, 2.05) is 6.07 Å². The molecule has 1 N–H and O–H groups in total. The molecule has 0 fully saturated rings. The third-order valence-corrected chi connectivity index (χ3v) is 2.89. The third-order valence-electron chi connectivity index (χ3n) is 2.89. The molecule has 0 saturated heterocycles. The highest BCUT2D eigenvalue weighted by Gasteiger charge is 2.21. The number of nitrogens with one attached hydrogen (secondary N) is 1. The van der Waals surface area contributed by atoms with E-state index in [4.69, 9.17) is 10.00 Å². The van der Waals surface area contributed by atoms with Crippen LogP contribution in [0.25, 0.3) is 5.82 Å². The van der Waals surface area contributed by atoms with Gasteiger partial charge in [0.15, 0.2) is 11.6 Å². The summed E-state index contributed by atoms with van der Waals surface area (Å²) in [6.45, 7) is 8.87. The van der Waals surface area contributed by atoms with Crippen LogP contribution >= 0.6 is 0 Å². The average Bonchev–Trinajstić information content (AvgIpc) is 2.87. The van der Waals surface area contributed by atoms with E-state index in [1.54, 1.807) is 34.6 Å². The molecule has 0 aliphatic rings. The number of alkyl carbamates (subject to hydrolysis) is 1. The van der Waals surface area contributed by atoms with Crippen molar-refractivity contribution in [2.24, 2.45) is 0 Å². The highest BCUT2D eigenvalue weighted by Crippen LogP contribution is 2.14. The van der Waals surface area contributed by atoms with Gasteiger partial charge in [0, 0.05) is 6.07 Å². The summed E-state index contributed by atoms with van der Waals surface area (Å²) in [6.07, 6.45) is 0.745. The van der Waals surface area contributed by atoms with Crippen LogP contribution in [0.1, 0.15) is 51.1 Å². The van der Waals surface area contributed by atoms with E-state index in [0.29, 0.717) is 17.5 Å². The van der Waals surface area contributed by atoms with Crippen LogP contribution in [-0.2, 0) is 4.74 Å². The first-order valence-corrected chi connectivity index (χ1v) is 7.35. The molecule has 0 aromatic carbocycles. The van der Waals surface area contributed by atoms with Crippen molar-refractivity contribution in [2.75, 3.05) is 0 Å². The first-order chi connectivity index (χ1) is 11.2. The molecule has 24 heavy (non-hydrogen) atoms. The van der Waals surface area contributed by atoms with Crippen molar-refractivity contribution < 1.29 is 9.53 Å². The van der Waals surface area contributed by atoms with Gasteiger partial charge in [-0.2, -0.15) is 9.94 Å². The van der Waals surface area contributed by atoms with Crippen molar-refractivity contribution in [1.29, 1.82) is 5.26 Å². The van der Waals surface area contributed by atoms with Crippen molar-refractivity contribution in [3.63, 3.8) is 0 Å². The Morgan fingerprint density at radius 2 is 2.12 bits per heavy atom. The summed E-state index contributed by atoms with van der Waals surface area (Å²) in [5.41, 5.74) is -0.349. The van der Waals surface area contributed by atoms with Gasteiger partial charge >= 0.3 is 6.09 Å². The van der Waals surface area contributed by atoms with E-state index in [-0.39, 0.29) is 5.69 Å². The van der Waals surface area contributed by atoms with Gasteiger partial charge in [-0.05, 0) is 34.6 Å². The molecule has 0 aliphatic heterocycles. The molecular formula is C15H19N7O2. The summed E-state index contributed by atoms with van der Waals surface area (Å²) < 4.78 is 6.70. The smallest absolute Gasteiger partial charge is 0.408 e. The predicted molar refractivity (Wildman–Crippen MR) is 84.2 cm³/mol. The summed E-state index contributed by atoms with van der Waals surface area (Å²) in [5, 5.41) is 15.9. The number of nitriles is 1. The molecule has 2 heterocycles. The molecule has 0 radical (unpaired) electrons. The molecule has 2 rings (SSSR count). The number of carbonyl (C=O) groups is 1. The van der Waals surface area contributed by atoms with Crippen molar-refractivity contribution in [1.82, 2.24) is 30.0 Å². The van der Waals surface area contributed by atoms with Crippen LogP contribution in [0.2, 0.25) is 0 Å². The van der Waals surface area contributed by atoms with E-state index < -0.39 is 17.7 Å². The minimum Gasteiger partial charge on any atom is -0.444 e. The molecule has 1 atom stereocenters. The Bertz CT molecular complexity index is 786. The largest absolute Gasteiger partial charge is 0.444 e.